The molecule has 2 rings (SSSR count). The highest BCUT2D eigenvalue weighted by Gasteiger charge is 2.03. The molecule has 0 saturated heterocycles. The van der Waals surface area contributed by atoms with Crippen LogP contribution in [0.4, 0.5) is 0 Å². The van der Waals surface area contributed by atoms with E-state index in [0.29, 0.717) is 6.54 Å². The molecule has 0 aromatic carbocycles. The van der Waals surface area contributed by atoms with Crippen molar-refractivity contribution in [3.8, 4) is 0 Å². The summed E-state index contributed by atoms with van der Waals surface area (Å²) in [6.45, 7) is 5.65. The molecule has 0 atom stereocenters. The summed E-state index contributed by atoms with van der Waals surface area (Å²) in [5, 5.41) is 11.2. The van der Waals surface area contributed by atoms with Crippen LogP contribution in [0.3, 0.4) is 0 Å². The van der Waals surface area contributed by atoms with Gasteiger partial charge in [0.05, 0.1) is 11.9 Å². The van der Waals surface area contributed by atoms with Crippen molar-refractivity contribution in [1.29, 1.82) is 0 Å². The SMILES string of the molecule is Cc1cnn(CCCNC(=O)Cn2ccc(C)n2)c1. The molecule has 102 valence electrons. The molecule has 2 aromatic rings. The van der Waals surface area contributed by atoms with Crippen molar-refractivity contribution in [3.63, 3.8) is 0 Å². The summed E-state index contributed by atoms with van der Waals surface area (Å²) < 4.78 is 3.53. The molecule has 0 aliphatic rings. The second-order valence-electron chi connectivity index (χ2n) is 4.64. The summed E-state index contributed by atoms with van der Waals surface area (Å²) in [5.74, 6) is -0.0141. The Morgan fingerprint density at radius 2 is 2.21 bits per heavy atom. The highest BCUT2D eigenvalue weighted by molar-refractivity contribution is 5.75. The van der Waals surface area contributed by atoms with Gasteiger partial charge in [0.1, 0.15) is 6.54 Å². The van der Waals surface area contributed by atoms with E-state index in [1.165, 1.54) is 0 Å². The van der Waals surface area contributed by atoms with Crippen molar-refractivity contribution >= 4 is 5.91 Å². The Hall–Kier alpha value is -2.11. The maximum Gasteiger partial charge on any atom is 0.241 e. The molecule has 0 fully saturated rings. The Morgan fingerprint density at radius 3 is 2.84 bits per heavy atom. The number of hydrogen-bond donors (Lipinski definition) is 1. The lowest BCUT2D eigenvalue weighted by molar-refractivity contribution is -0.121. The van der Waals surface area contributed by atoms with Gasteiger partial charge in [0, 0.05) is 25.5 Å². The summed E-state index contributed by atoms with van der Waals surface area (Å²) >= 11 is 0. The van der Waals surface area contributed by atoms with E-state index in [2.05, 4.69) is 15.5 Å². The van der Waals surface area contributed by atoms with Gasteiger partial charge in [-0.05, 0) is 31.9 Å². The molecule has 1 amide bonds. The van der Waals surface area contributed by atoms with Crippen LogP contribution in [0.15, 0.2) is 24.7 Å². The van der Waals surface area contributed by atoms with Crippen LogP contribution in [0, 0.1) is 13.8 Å². The van der Waals surface area contributed by atoms with Crippen molar-refractivity contribution in [2.75, 3.05) is 6.54 Å². The molecule has 0 saturated carbocycles. The number of rotatable bonds is 6. The third kappa shape index (κ3) is 4.24. The molecule has 6 nitrogen and oxygen atoms in total. The quantitative estimate of drug-likeness (QED) is 0.786. The molecule has 2 aromatic heterocycles. The second-order valence-corrected chi connectivity index (χ2v) is 4.64. The molecule has 0 aliphatic heterocycles. The first-order valence-corrected chi connectivity index (χ1v) is 6.39. The average molecular weight is 261 g/mol. The largest absolute Gasteiger partial charge is 0.354 e. The lowest BCUT2D eigenvalue weighted by atomic mass is 10.4. The first-order valence-electron chi connectivity index (χ1n) is 6.39. The highest BCUT2D eigenvalue weighted by Crippen LogP contribution is 1.95. The monoisotopic (exact) mass is 261 g/mol. The van der Waals surface area contributed by atoms with E-state index in [-0.39, 0.29) is 12.5 Å². The standard InChI is InChI=1S/C13H19N5O/c1-11-8-15-17(9-11)6-3-5-14-13(19)10-18-7-4-12(2)16-18/h4,7-9H,3,5-6,10H2,1-2H3,(H,14,19). The zero-order valence-corrected chi connectivity index (χ0v) is 11.3. The van der Waals surface area contributed by atoms with E-state index in [4.69, 9.17) is 0 Å². The molecule has 0 spiro atoms. The maximum absolute atomic E-state index is 11.6. The Bertz CT molecular complexity index is 543. The molecule has 2 heterocycles. The fraction of sp³-hybridized carbons (Fsp3) is 0.462. The van der Waals surface area contributed by atoms with Gasteiger partial charge in [-0.15, -0.1) is 0 Å². The van der Waals surface area contributed by atoms with Gasteiger partial charge in [0.2, 0.25) is 5.91 Å². The first kappa shape index (κ1) is 13.3. The Balaban J connectivity index is 1.64. The fourth-order valence-electron chi connectivity index (χ4n) is 1.81. The number of aryl methyl sites for hydroxylation is 3. The van der Waals surface area contributed by atoms with E-state index in [1.54, 1.807) is 10.9 Å². The first-order chi connectivity index (χ1) is 9.13. The van der Waals surface area contributed by atoms with Gasteiger partial charge < -0.3 is 5.32 Å². The predicted molar refractivity (Wildman–Crippen MR) is 71.6 cm³/mol. The normalized spacial score (nSPS) is 10.6. The smallest absolute Gasteiger partial charge is 0.241 e. The van der Waals surface area contributed by atoms with Crippen LogP contribution in [0.1, 0.15) is 17.7 Å². The lowest BCUT2D eigenvalue weighted by Gasteiger charge is -2.05. The van der Waals surface area contributed by atoms with Gasteiger partial charge >= 0.3 is 0 Å². The van der Waals surface area contributed by atoms with Crippen molar-refractivity contribution in [2.45, 2.75) is 33.4 Å². The molecule has 6 heteroatoms. The summed E-state index contributed by atoms with van der Waals surface area (Å²) in [5.41, 5.74) is 2.07. The minimum absolute atomic E-state index is 0.0141. The van der Waals surface area contributed by atoms with E-state index >= 15 is 0 Å². The average Bonchev–Trinajstić information content (AvgIpc) is 2.94. The molecule has 0 aliphatic carbocycles. The van der Waals surface area contributed by atoms with Gasteiger partial charge in [0.15, 0.2) is 0 Å². The topological polar surface area (TPSA) is 64.7 Å². The van der Waals surface area contributed by atoms with Crippen LogP contribution >= 0.6 is 0 Å². The van der Waals surface area contributed by atoms with Gasteiger partial charge in [-0.25, -0.2) is 0 Å². The van der Waals surface area contributed by atoms with Crippen molar-refractivity contribution in [1.82, 2.24) is 24.9 Å². The maximum atomic E-state index is 11.6. The summed E-state index contributed by atoms with van der Waals surface area (Å²) in [6.07, 6.45) is 6.50. The van der Waals surface area contributed by atoms with Crippen LogP contribution in [0.5, 0.6) is 0 Å². The number of hydrogen-bond acceptors (Lipinski definition) is 3. The van der Waals surface area contributed by atoms with Crippen LogP contribution < -0.4 is 5.32 Å². The van der Waals surface area contributed by atoms with E-state index in [1.807, 2.05) is 37.0 Å². The second kappa shape index (κ2) is 6.17. The van der Waals surface area contributed by atoms with Crippen molar-refractivity contribution in [2.24, 2.45) is 0 Å². The third-order valence-corrected chi connectivity index (χ3v) is 2.73. The number of nitrogens with zero attached hydrogens (tertiary/aromatic N) is 4. The number of amides is 1. The molecular formula is C13H19N5O. The minimum Gasteiger partial charge on any atom is -0.354 e. The number of aromatic nitrogens is 4. The molecule has 0 radical (unpaired) electrons. The summed E-state index contributed by atoms with van der Waals surface area (Å²) in [4.78, 5) is 11.6. The van der Waals surface area contributed by atoms with Gasteiger partial charge in [0.25, 0.3) is 0 Å². The third-order valence-electron chi connectivity index (χ3n) is 2.73. The van der Waals surface area contributed by atoms with E-state index in [0.717, 1.165) is 24.2 Å². The predicted octanol–water partition coefficient (Wildman–Crippen LogP) is 0.903. The number of carbonyl (C=O) groups is 1. The summed E-state index contributed by atoms with van der Waals surface area (Å²) in [6, 6.07) is 1.88. The van der Waals surface area contributed by atoms with Crippen LogP contribution in [-0.4, -0.2) is 32.0 Å². The zero-order chi connectivity index (χ0) is 13.7. The Morgan fingerprint density at radius 1 is 1.37 bits per heavy atom. The number of carbonyl (C=O) groups excluding carboxylic acids is 1. The lowest BCUT2D eigenvalue weighted by Crippen LogP contribution is -2.29. The summed E-state index contributed by atoms with van der Waals surface area (Å²) in [7, 11) is 0. The Kier molecular flexibility index (Phi) is 4.33. The van der Waals surface area contributed by atoms with Gasteiger partial charge in [-0.2, -0.15) is 10.2 Å². The van der Waals surface area contributed by atoms with Crippen LogP contribution in [0.25, 0.3) is 0 Å². The highest BCUT2D eigenvalue weighted by atomic mass is 16.2. The van der Waals surface area contributed by atoms with E-state index in [9.17, 15) is 4.79 Å². The van der Waals surface area contributed by atoms with Crippen molar-refractivity contribution < 1.29 is 4.79 Å². The zero-order valence-electron chi connectivity index (χ0n) is 11.3. The number of nitrogens with one attached hydrogen (secondary N) is 1. The molecule has 19 heavy (non-hydrogen) atoms. The fourth-order valence-corrected chi connectivity index (χ4v) is 1.81. The van der Waals surface area contributed by atoms with Gasteiger partial charge in [-0.3, -0.25) is 14.2 Å². The molecule has 0 unspecified atom stereocenters. The van der Waals surface area contributed by atoms with Gasteiger partial charge in [-0.1, -0.05) is 0 Å². The molecule has 1 N–H and O–H groups in total. The Labute approximate surface area is 112 Å². The molecular weight excluding hydrogens is 242 g/mol. The van der Waals surface area contributed by atoms with E-state index < -0.39 is 0 Å². The van der Waals surface area contributed by atoms with Crippen molar-refractivity contribution in [3.05, 3.63) is 35.9 Å². The van der Waals surface area contributed by atoms with Crippen LogP contribution in [-0.2, 0) is 17.9 Å². The molecule has 0 bridgehead atoms. The van der Waals surface area contributed by atoms with Crippen LogP contribution in [0.2, 0.25) is 0 Å². The minimum atomic E-state index is -0.0141.